The Morgan fingerprint density at radius 3 is 1.71 bits per heavy atom. The second-order valence-corrected chi connectivity index (χ2v) is 17.5. The first kappa shape index (κ1) is 34.1. The Balaban J connectivity index is 1.59. The molecule has 5 heteroatoms. The van der Waals surface area contributed by atoms with Crippen LogP contribution in [0.4, 0.5) is 0 Å². The Labute approximate surface area is 271 Å². The number of aliphatic hydroxyl groups is 1. The summed E-state index contributed by atoms with van der Waals surface area (Å²) in [5, 5.41) is 14.0. The number of hydrogen-bond donors (Lipinski definition) is 1. The number of rotatable bonds is 14. The Bertz CT molecular complexity index is 1430. The molecule has 0 aromatic heterocycles. The van der Waals surface area contributed by atoms with Crippen LogP contribution in [-0.2, 0) is 9.22 Å². The zero-order valence-corrected chi connectivity index (χ0v) is 28.5. The van der Waals surface area contributed by atoms with Crippen molar-refractivity contribution in [2.75, 3.05) is 13.7 Å². The second kappa shape index (κ2) is 15.5. The summed E-state index contributed by atoms with van der Waals surface area (Å²) >= 11 is 0. The summed E-state index contributed by atoms with van der Waals surface area (Å²) in [4.78, 5) is 16.0. The van der Waals surface area contributed by atoms with E-state index in [4.69, 9.17) is 4.43 Å². The zero-order valence-electron chi connectivity index (χ0n) is 27.5. The van der Waals surface area contributed by atoms with E-state index in [1.807, 2.05) is 73.8 Å². The van der Waals surface area contributed by atoms with Crippen LogP contribution in [0.3, 0.4) is 0 Å². The number of carbonyl (C=O) groups excluding carboxylic acids is 1. The standard InChI is InChI=1S/C40H49NO3Si/c1-7-20-34(39(43)41(6)37(32-21-12-8-13-22-32)38(42)33-23-14-9-15-24-33)29-31(2)30-44-45(40(3,4)5,35-25-16-10-17-26-35)36-27-18-11-19-28-36/h7-19,21-28,31,34,37-38,42H,1,20,29-30H2,2-6H3/t31?,34?,37-,38-/m1/s1. The molecule has 4 rings (SSSR count). The van der Waals surface area contributed by atoms with Crippen molar-refractivity contribution in [3.05, 3.63) is 145 Å². The number of amides is 1. The van der Waals surface area contributed by atoms with Gasteiger partial charge in [0.05, 0.1) is 6.04 Å². The summed E-state index contributed by atoms with van der Waals surface area (Å²) in [6.45, 7) is 13.5. The predicted octanol–water partition coefficient (Wildman–Crippen LogP) is 7.71. The molecule has 0 spiro atoms. The fourth-order valence-corrected chi connectivity index (χ4v) is 11.3. The lowest BCUT2D eigenvalue weighted by Gasteiger charge is -2.43. The molecular formula is C40H49NO3Si. The van der Waals surface area contributed by atoms with Crippen LogP contribution in [0.1, 0.15) is 63.8 Å². The van der Waals surface area contributed by atoms with Gasteiger partial charge in [0.15, 0.2) is 0 Å². The van der Waals surface area contributed by atoms with Crippen molar-refractivity contribution in [2.45, 2.75) is 57.7 Å². The van der Waals surface area contributed by atoms with E-state index in [0.29, 0.717) is 19.4 Å². The average molecular weight is 620 g/mol. The maximum absolute atomic E-state index is 14.3. The normalized spacial score (nSPS) is 14.6. The van der Waals surface area contributed by atoms with Crippen LogP contribution < -0.4 is 10.4 Å². The van der Waals surface area contributed by atoms with Gasteiger partial charge >= 0.3 is 0 Å². The number of hydrogen-bond acceptors (Lipinski definition) is 3. The third-order valence-corrected chi connectivity index (χ3v) is 13.8. The van der Waals surface area contributed by atoms with Crippen molar-refractivity contribution in [1.29, 1.82) is 0 Å². The molecule has 1 amide bonds. The molecule has 45 heavy (non-hydrogen) atoms. The maximum Gasteiger partial charge on any atom is 0.261 e. The Morgan fingerprint density at radius 2 is 1.27 bits per heavy atom. The molecule has 2 unspecified atom stereocenters. The van der Waals surface area contributed by atoms with E-state index >= 15 is 0 Å². The molecule has 0 radical (unpaired) electrons. The summed E-state index contributed by atoms with van der Waals surface area (Å²) < 4.78 is 7.21. The minimum atomic E-state index is -2.69. The molecule has 0 aliphatic heterocycles. The van der Waals surface area contributed by atoms with Crippen molar-refractivity contribution < 1.29 is 14.3 Å². The minimum Gasteiger partial charge on any atom is -0.407 e. The van der Waals surface area contributed by atoms with Gasteiger partial charge in [0.25, 0.3) is 8.32 Å². The highest BCUT2D eigenvalue weighted by atomic mass is 28.4. The average Bonchev–Trinajstić information content (AvgIpc) is 3.06. The first-order chi connectivity index (χ1) is 21.6. The van der Waals surface area contributed by atoms with Gasteiger partial charge in [0.2, 0.25) is 5.91 Å². The van der Waals surface area contributed by atoms with E-state index in [1.54, 1.807) is 4.90 Å². The lowest BCUT2D eigenvalue weighted by molar-refractivity contribution is -0.139. The van der Waals surface area contributed by atoms with E-state index in [-0.39, 0.29) is 22.8 Å². The molecule has 4 atom stereocenters. The lowest BCUT2D eigenvalue weighted by Crippen LogP contribution is -2.66. The van der Waals surface area contributed by atoms with Crippen molar-refractivity contribution in [2.24, 2.45) is 11.8 Å². The van der Waals surface area contributed by atoms with Gasteiger partial charge in [-0.2, -0.15) is 0 Å². The monoisotopic (exact) mass is 619 g/mol. The van der Waals surface area contributed by atoms with E-state index < -0.39 is 20.5 Å². The SMILES string of the molecule is C=CCC(CC(C)CO[Si](c1ccccc1)(c1ccccc1)C(C)(C)C)C(=O)N(C)[C@H](c1ccccc1)[C@H](O)c1ccccc1. The molecular weight excluding hydrogens is 571 g/mol. The van der Waals surface area contributed by atoms with E-state index in [9.17, 15) is 9.90 Å². The van der Waals surface area contributed by atoms with Gasteiger partial charge in [-0.05, 0) is 45.3 Å². The largest absolute Gasteiger partial charge is 0.407 e. The van der Waals surface area contributed by atoms with Crippen molar-refractivity contribution in [1.82, 2.24) is 4.90 Å². The molecule has 0 saturated heterocycles. The second-order valence-electron chi connectivity index (χ2n) is 13.2. The van der Waals surface area contributed by atoms with Crippen LogP contribution in [-0.4, -0.2) is 37.9 Å². The van der Waals surface area contributed by atoms with Crippen LogP contribution in [0, 0.1) is 11.8 Å². The Kier molecular flexibility index (Phi) is 11.7. The molecule has 0 saturated carbocycles. The maximum atomic E-state index is 14.3. The summed E-state index contributed by atoms with van der Waals surface area (Å²) in [7, 11) is -0.882. The summed E-state index contributed by atoms with van der Waals surface area (Å²) in [6.07, 6.45) is 2.16. The predicted molar refractivity (Wildman–Crippen MR) is 189 cm³/mol. The van der Waals surface area contributed by atoms with Crippen LogP contribution in [0.5, 0.6) is 0 Å². The number of aliphatic hydroxyl groups excluding tert-OH is 1. The summed E-state index contributed by atoms with van der Waals surface area (Å²) in [5.74, 6) is -0.182. The van der Waals surface area contributed by atoms with Gasteiger partial charge < -0.3 is 14.4 Å². The lowest BCUT2D eigenvalue weighted by atomic mass is 9.89. The van der Waals surface area contributed by atoms with Gasteiger partial charge in [-0.15, -0.1) is 6.58 Å². The Hall–Kier alpha value is -3.77. The van der Waals surface area contributed by atoms with Gasteiger partial charge in [-0.1, -0.05) is 155 Å². The number of benzene rings is 4. The topological polar surface area (TPSA) is 49.8 Å². The van der Waals surface area contributed by atoms with E-state index in [0.717, 1.165) is 11.1 Å². The van der Waals surface area contributed by atoms with Gasteiger partial charge in [-0.3, -0.25) is 4.79 Å². The van der Waals surface area contributed by atoms with Crippen molar-refractivity contribution in [3.8, 4) is 0 Å². The van der Waals surface area contributed by atoms with Crippen molar-refractivity contribution >= 4 is 24.6 Å². The molecule has 0 bridgehead atoms. The molecule has 4 nitrogen and oxygen atoms in total. The van der Waals surface area contributed by atoms with E-state index in [1.165, 1.54) is 10.4 Å². The highest BCUT2D eigenvalue weighted by molar-refractivity contribution is 6.99. The molecule has 0 fully saturated rings. The van der Waals surface area contributed by atoms with Crippen LogP contribution in [0.25, 0.3) is 0 Å². The first-order valence-electron chi connectivity index (χ1n) is 16.0. The van der Waals surface area contributed by atoms with Gasteiger partial charge in [0, 0.05) is 19.6 Å². The summed E-state index contributed by atoms with van der Waals surface area (Å²) in [5.41, 5.74) is 1.67. The highest BCUT2D eigenvalue weighted by Gasteiger charge is 2.50. The van der Waals surface area contributed by atoms with Crippen molar-refractivity contribution in [3.63, 3.8) is 0 Å². The fourth-order valence-electron chi connectivity index (χ4n) is 6.61. The molecule has 4 aromatic rings. The molecule has 0 heterocycles. The van der Waals surface area contributed by atoms with Crippen LogP contribution in [0.15, 0.2) is 134 Å². The fraction of sp³-hybridized carbons (Fsp3) is 0.325. The first-order valence-corrected chi connectivity index (χ1v) is 17.9. The van der Waals surface area contributed by atoms with E-state index in [2.05, 4.69) is 94.9 Å². The quantitative estimate of drug-likeness (QED) is 0.116. The third-order valence-electron chi connectivity index (χ3n) is 8.83. The molecule has 4 aromatic carbocycles. The van der Waals surface area contributed by atoms with Gasteiger partial charge in [-0.25, -0.2) is 0 Å². The van der Waals surface area contributed by atoms with Crippen LogP contribution >= 0.6 is 0 Å². The molecule has 1 N–H and O–H groups in total. The van der Waals surface area contributed by atoms with Gasteiger partial charge in [0.1, 0.15) is 6.10 Å². The Morgan fingerprint density at radius 1 is 0.822 bits per heavy atom. The molecule has 0 aliphatic carbocycles. The molecule has 0 aliphatic rings. The number of nitrogens with zero attached hydrogens (tertiary/aromatic N) is 1. The number of allylic oxidation sites excluding steroid dienone is 1. The molecule has 236 valence electrons. The van der Waals surface area contributed by atoms with Crippen LogP contribution in [0.2, 0.25) is 5.04 Å². The summed E-state index contributed by atoms with van der Waals surface area (Å²) in [6, 6.07) is 40.2. The minimum absolute atomic E-state index is 0.00367. The third kappa shape index (κ3) is 7.91. The number of carbonyl (C=O) groups is 1. The highest BCUT2D eigenvalue weighted by Crippen LogP contribution is 2.38. The zero-order chi connectivity index (χ0) is 32.5. The number of likely N-dealkylation sites (N-methyl/N-ethyl adjacent to an activating group) is 1. The smallest absolute Gasteiger partial charge is 0.261 e.